The average Bonchev–Trinajstić information content (AvgIpc) is 3.25. The monoisotopic (exact) mass is 483 g/mol. The molecule has 35 heavy (non-hydrogen) atoms. The number of likely N-dealkylation sites (N-methyl/N-ethyl adjacent to an activating group) is 1. The van der Waals surface area contributed by atoms with Crippen LogP contribution in [0.15, 0.2) is 54.3 Å². The largest absolute Gasteiger partial charge is 0.361 e. The number of carbonyl (C=O) groups excluding carboxylic acids is 2. The number of carbonyl (C=O) groups is 2. The molecule has 1 unspecified atom stereocenters. The predicted molar refractivity (Wildman–Crippen MR) is 141 cm³/mol. The minimum absolute atomic E-state index is 0.00588. The van der Waals surface area contributed by atoms with Gasteiger partial charge < -0.3 is 24.7 Å². The molecule has 0 saturated carbocycles. The van der Waals surface area contributed by atoms with Gasteiger partial charge in [-0.15, -0.1) is 0 Å². The quantitative estimate of drug-likeness (QED) is 0.283. The normalized spacial score (nSPS) is 13.0. The third-order valence-electron chi connectivity index (χ3n) is 5.90. The van der Waals surface area contributed by atoms with Crippen LogP contribution in [0, 0.1) is 0 Å². The topological polar surface area (TPSA) is 83.7 Å². The smallest absolute Gasteiger partial charge is 0.226 e. The Balaban J connectivity index is 2.10. The molecule has 0 bridgehead atoms. The maximum atomic E-state index is 13.1. The summed E-state index contributed by atoms with van der Waals surface area (Å²) in [6.45, 7) is 9.29. The maximum Gasteiger partial charge on any atom is 0.226 e. The van der Waals surface area contributed by atoms with E-state index in [1.165, 1.54) is 0 Å². The third kappa shape index (κ3) is 9.34. The fourth-order valence-corrected chi connectivity index (χ4v) is 3.99. The number of H-pyrrole nitrogens is 1. The molecule has 7 heteroatoms. The van der Waals surface area contributed by atoms with Gasteiger partial charge in [0.15, 0.2) is 6.29 Å². The minimum atomic E-state index is -0.330. The van der Waals surface area contributed by atoms with Crippen LogP contribution in [0.2, 0.25) is 0 Å². The highest BCUT2D eigenvalue weighted by molar-refractivity contribution is 5.84. The molecular formula is C28H41N3O4. The van der Waals surface area contributed by atoms with E-state index < -0.39 is 0 Å². The average molecular weight is 484 g/mol. The van der Waals surface area contributed by atoms with Gasteiger partial charge in [0.1, 0.15) is 0 Å². The van der Waals surface area contributed by atoms with Crippen LogP contribution in [-0.4, -0.2) is 60.8 Å². The molecule has 1 aromatic heterocycles. The van der Waals surface area contributed by atoms with Crippen molar-refractivity contribution in [3.8, 4) is 0 Å². The zero-order valence-electron chi connectivity index (χ0n) is 21.8. The van der Waals surface area contributed by atoms with Crippen LogP contribution in [-0.2, 0) is 25.5 Å². The number of fused-ring (bicyclic) bond motifs is 1. The number of nitrogens with one attached hydrogen (secondary N) is 2. The first-order chi connectivity index (χ1) is 16.9. The molecule has 0 fully saturated rings. The number of para-hydroxylation sites is 1. The summed E-state index contributed by atoms with van der Waals surface area (Å²) >= 11 is 0. The van der Waals surface area contributed by atoms with E-state index in [0.717, 1.165) is 22.0 Å². The first kappa shape index (κ1) is 28.3. The van der Waals surface area contributed by atoms with Crippen molar-refractivity contribution < 1.29 is 19.1 Å². The summed E-state index contributed by atoms with van der Waals surface area (Å²) in [5, 5.41) is 4.08. The highest BCUT2D eigenvalue weighted by atomic mass is 16.7. The summed E-state index contributed by atoms with van der Waals surface area (Å²) < 4.78 is 11.1. The zero-order chi connectivity index (χ0) is 25.6. The Morgan fingerprint density at radius 1 is 1.17 bits per heavy atom. The minimum Gasteiger partial charge on any atom is -0.361 e. The molecule has 2 aromatic rings. The van der Waals surface area contributed by atoms with Crippen LogP contribution in [0.4, 0.5) is 0 Å². The van der Waals surface area contributed by atoms with Gasteiger partial charge in [-0.2, -0.15) is 0 Å². The molecule has 0 saturated heterocycles. The highest BCUT2D eigenvalue weighted by Crippen LogP contribution is 2.22. The molecule has 1 atom stereocenters. The van der Waals surface area contributed by atoms with Crippen molar-refractivity contribution in [3.05, 3.63) is 59.8 Å². The van der Waals surface area contributed by atoms with Crippen LogP contribution in [0.1, 0.15) is 52.5 Å². The molecule has 2 amide bonds. The maximum absolute atomic E-state index is 13.1. The molecule has 0 aliphatic carbocycles. The molecule has 192 valence electrons. The lowest BCUT2D eigenvalue weighted by Crippen LogP contribution is -2.42. The summed E-state index contributed by atoms with van der Waals surface area (Å²) in [6.07, 6.45) is 9.14. The SMILES string of the molecule is C/C=C\C=C(\C)CC(=O)N(C)C(CC(=O)NCCC(OCC)OCC)Cc1c[nH]c2ccccc12. The predicted octanol–water partition coefficient (Wildman–Crippen LogP) is 4.75. The van der Waals surface area contributed by atoms with E-state index in [1.54, 1.807) is 11.9 Å². The number of benzene rings is 1. The van der Waals surface area contributed by atoms with Gasteiger partial charge in [-0.25, -0.2) is 0 Å². The number of allylic oxidation sites excluding steroid dienone is 3. The van der Waals surface area contributed by atoms with Crippen LogP contribution in [0.3, 0.4) is 0 Å². The summed E-state index contributed by atoms with van der Waals surface area (Å²) in [5.74, 6) is -0.101. The van der Waals surface area contributed by atoms with E-state index in [-0.39, 0.29) is 30.6 Å². The fourth-order valence-electron chi connectivity index (χ4n) is 3.99. The van der Waals surface area contributed by atoms with E-state index in [2.05, 4.69) is 16.4 Å². The molecule has 2 rings (SSSR count). The Labute approximate surface area is 209 Å². The number of ether oxygens (including phenoxy) is 2. The number of hydrogen-bond acceptors (Lipinski definition) is 4. The zero-order valence-corrected chi connectivity index (χ0v) is 21.8. The van der Waals surface area contributed by atoms with Crippen molar-refractivity contribution in [2.45, 2.75) is 65.7 Å². The van der Waals surface area contributed by atoms with Crippen molar-refractivity contribution in [2.75, 3.05) is 26.8 Å². The number of aromatic amines is 1. The molecule has 0 aliphatic rings. The van der Waals surface area contributed by atoms with Gasteiger partial charge >= 0.3 is 0 Å². The fraction of sp³-hybridized carbons (Fsp3) is 0.500. The third-order valence-corrected chi connectivity index (χ3v) is 5.90. The van der Waals surface area contributed by atoms with Gasteiger partial charge in [-0.05, 0) is 45.7 Å². The van der Waals surface area contributed by atoms with Crippen LogP contribution in [0.5, 0.6) is 0 Å². The molecule has 0 radical (unpaired) electrons. The lowest BCUT2D eigenvalue weighted by molar-refractivity contribution is -0.140. The summed E-state index contributed by atoms with van der Waals surface area (Å²) in [5.41, 5.74) is 3.11. The van der Waals surface area contributed by atoms with Crippen molar-refractivity contribution >= 4 is 22.7 Å². The van der Waals surface area contributed by atoms with Gasteiger partial charge in [0.2, 0.25) is 11.8 Å². The molecule has 7 nitrogen and oxygen atoms in total. The molecule has 0 aliphatic heterocycles. The second-order valence-electron chi connectivity index (χ2n) is 8.62. The Bertz CT molecular complexity index is 989. The molecule has 1 heterocycles. The van der Waals surface area contributed by atoms with Crippen molar-refractivity contribution in [1.82, 2.24) is 15.2 Å². The van der Waals surface area contributed by atoms with Gasteiger partial charge in [-0.3, -0.25) is 9.59 Å². The second kappa shape index (κ2) is 15.2. The van der Waals surface area contributed by atoms with E-state index in [0.29, 0.717) is 39.0 Å². The Hall–Kier alpha value is -2.90. The summed E-state index contributed by atoms with van der Waals surface area (Å²) in [6, 6.07) is 7.80. The van der Waals surface area contributed by atoms with Gasteiger partial charge in [-0.1, -0.05) is 42.0 Å². The van der Waals surface area contributed by atoms with Crippen LogP contribution in [0.25, 0.3) is 10.9 Å². The molecular weight excluding hydrogens is 442 g/mol. The number of amides is 2. The van der Waals surface area contributed by atoms with Crippen molar-refractivity contribution in [3.63, 3.8) is 0 Å². The van der Waals surface area contributed by atoms with Gasteiger partial charge in [0.05, 0.1) is 0 Å². The number of rotatable bonds is 15. The summed E-state index contributed by atoms with van der Waals surface area (Å²) in [4.78, 5) is 31.0. The Morgan fingerprint density at radius 3 is 2.57 bits per heavy atom. The van der Waals surface area contributed by atoms with E-state index in [9.17, 15) is 9.59 Å². The number of nitrogens with zero attached hydrogens (tertiary/aromatic N) is 1. The standard InChI is InChI=1S/C28H41N3O4/c1-6-9-12-21(4)17-27(33)31(5)23(18-22-20-30-25-14-11-10-13-24(22)25)19-26(32)29-16-15-28(34-7-2)35-8-3/h6,9-14,20,23,28,30H,7-8,15-19H2,1-5H3,(H,29,32)/b9-6-,21-12-. The Kier molecular flexibility index (Phi) is 12.3. The van der Waals surface area contributed by atoms with E-state index >= 15 is 0 Å². The second-order valence-corrected chi connectivity index (χ2v) is 8.62. The molecule has 1 aromatic carbocycles. The molecule has 0 spiro atoms. The van der Waals surface area contributed by atoms with Crippen molar-refractivity contribution in [2.24, 2.45) is 0 Å². The van der Waals surface area contributed by atoms with Gasteiger partial charge in [0.25, 0.3) is 0 Å². The number of aromatic nitrogens is 1. The lowest BCUT2D eigenvalue weighted by Gasteiger charge is -2.28. The summed E-state index contributed by atoms with van der Waals surface area (Å²) in [7, 11) is 1.79. The highest BCUT2D eigenvalue weighted by Gasteiger charge is 2.24. The van der Waals surface area contributed by atoms with Crippen molar-refractivity contribution in [1.29, 1.82) is 0 Å². The first-order valence-electron chi connectivity index (χ1n) is 12.5. The van der Waals surface area contributed by atoms with E-state index in [4.69, 9.17) is 9.47 Å². The number of hydrogen-bond donors (Lipinski definition) is 2. The first-order valence-corrected chi connectivity index (χ1v) is 12.5. The van der Waals surface area contributed by atoms with E-state index in [1.807, 2.05) is 70.3 Å². The van der Waals surface area contributed by atoms with Crippen LogP contribution < -0.4 is 5.32 Å². The Morgan fingerprint density at radius 2 is 1.89 bits per heavy atom. The lowest BCUT2D eigenvalue weighted by atomic mass is 10.00. The molecule has 2 N–H and O–H groups in total. The van der Waals surface area contributed by atoms with Gasteiger partial charge in [0, 0.05) is 69.2 Å². The van der Waals surface area contributed by atoms with Crippen LogP contribution >= 0.6 is 0 Å².